The molecule has 1 aliphatic carbocycles. The van der Waals surface area contributed by atoms with Crippen LogP contribution in [0.2, 0.25) is 0 Å². The zero-order valence-electron chi connectivity index (χ0n) is 16.9. The van der Waals surface area contributed by atoms with Crippen molar-refractivity contribution >= 4 is 11.9 Å². The van der Waals surface area contributed by atoms with Crippen LogP contribution in [0.15, 0.2) is 60.7 Å². The van der Waals surface area contributed by atoms with Gasteiger partial charge in [-0.1, -0.05) is 79.9 Å². The molecule has 5 nitrogen and oxygen atoms in total. The van der Waals surface area contributed by atoms with E-state index in [4.69, 9.17) is 4.74 Å². The van der Waals surface area contributed by atoms with E-state index in [-0.39, 0.29) is 18.6 Å². The molecule has 0 saturated heterocycles. The number of rotatable bonds is 7. The van der Waals surface area contributed by atoms with Gasteiger partial charge in [-0.15, -0.1) is 0 Å². The first-order valence-corrected chi connectivity index (χ1v) is 10.4. The Morgan fingerprint density at radius 3 is 1.97 bits per heavy atom. The van der Waals surface area contributed by atoms with Crippen LogP contribution in [-0.4, -0.2) is 41.1 Å². The van der Waals surface area contributed by atoms with Crippen LogP contribution >= 0.6 is 0 Å². The third kappa shape index (κ3) is 4.67. The molecule has 0 heterocycles. The van der Waals surface area contributed by atoms with Crippen molar-refractivity contribution in [3.8, 4) is 0 Å². The normalized spacial score (nSPS) is 15.0. The Morgan fingerprint density at radius 2 is 1.48 bits per heavy atom. The van der Waals surface area contributed by atoms with Gasteiger partial charge in [-0.2, -0.15) is 0 Å². The first-order valence-electron chi connectivity index (χ1n) is 10.4. The Morgan fingerprint density at radius 1 is 0.966 bits per heavy atom. The van der Waals surface area contributed by atoms with E-state index in [0.717, 1.165) is 25.7 Å². The minimum atomic E-state index is -1.97. The van der Waals surface area contributed by atoms with Crippen molar-refractivity contribution in [1.82, 2.24) is 4.90 Å². The summed E-state index contributed by atoms with van der Waals surface area (Å²) in [5, 5.41) is 11.4. The Hall–Kier alpha value is -2.66. The number of carbonyl (C=O) groups excluding carboxylic acids is 2. The van der Waals surface area contributed by atoms with Gasteiger partial charge in [0.05, 0.1) is 0 Å². The molecule has 2 aromatic rings. The van der Waals surface area contributed by atoms with Crippen LogP contribution in [0.3, 0.4) is 0 Å². The molecule has 0 unspecified atom stereocenters. The maximum atomic E-state index is 13.0. The van der Waals surface area contributed by atoms with Crippen LogP contribution < -0.4 is 0 Å². The molecule has 2 aromatic carbocycles. The average molecular weight is 395 g/mol. The van der Waals surface area contributed by atoms with E-state index in [2.05, 4.69) is 0 Å². The lowest BCUT2D eigenvalue weighted by Gasteiger charge is -2.34. The molecule has 0 aromatic heterocycles. The summed E-state index contributed by atoms with van der Waals surface area (Å²) in [4.78, 5) is 27.6. The molecule has 154 valence electrons. The number of benzene rings is 2. The monoisotopic (exact) mass is 395 g/mol. The van der Waals surface area contributed by atoms with E-state index in [0.29, 0.717) is 17.7 Å². The fourth-order valence-corrected chi connectivity index (χ4v) is 4.11. The number of amides is 1. The average Bonchev–Trinajstić information content (AvgIpc) is 2.79. The van der Waals surface area contributed by atoms with Crippen molar-refractivity contribution in [2.75, 3.05) is 13.2 Å². The van der Waals surface area contributed by atoms with Gasteiger partial charge in [-0.05, 0) is 30.9 Å². The molecule has 0 bridgehead atoms. The second-order valence-electron chi connectivity index (χ2n) is 7.49. The van der Waals surface area contributed by atoms with E-state index in [1.54, 1.807) is 53.4 Å². The Labute approximate surface area is 172 Å². The van der Waals surface area contributed by atoms with E-state index in [1.165, 1.54) is 6.42 Å². The van der Waals surface area contributed by atoms with E-state index < -0.39 is 11.6 Å². The van der Waals surface area contributed by atoms with Gasteiger partial charge < -0.3 is 14.7 Å². The number of carbonyl (C=O) groups is 2. The summed E-state index contributed by atoms with van der Waals surface area (Å²) in [6.45, 7) is 2.16. The lowest BCUT2D eigenvalue weighted by molar-refractivity contribution is -0.167. The molecule has 1 fully saturated rings. The van der Waals surface area contributed by atoms with Gasteiger partial charge in [0.2, 0.25) is 5.60 Å². The highest BCUT2D eigenvalue weighted by Gasteiger charge is 2.42. The lowest BCUT2D eigenvalue weighted by atomic mass is 9.86. The highest BCUT2D eigenvalue weighted by atomic mass is 16.6. The molecule has 1 N–H and O–H groups in total. The maximum absolute atomic E-state index is 13.0. The van der Waals surface area contributed by atoms with Crippen LogP contribution in [0, 0.1) is 0 Å². The largest absolute Gasteiger partial charge is 0.453 e. The van der Waals surface area contributed by atoms with E-state index >= 15 is 0 Å². The lowest BCUT2D eigenvalue weighted by Crippen LogP contribution is -2.45. The Balaban J connectivity index is 1.76. The Kier molecular flexibility index (Phi) is 7.04. The number of hydrogen-bond donors (Lipinski definition) is 1. The van der Waals surface area contributed by atoms with Crippen LogP contribution in [0.1, 0.15) is 50.2 Å². The fourth-order valence-electron chi connectivity index (χ4n) is 4.11. The van der Waals surface area contributed by atoms with Gasteiger partial charge >= 0.3 is 5.97 Å². The molecular weight excluding hydrogens is 366 g/mol. The zero-order valence-corrected chi connectivity index (χ0v) is 16.9. The summed E-state index contributed by atoms with van der Waals surface area (Å²) in [5.74, 6) is -1.06. The molecule has 0 atom stereocenters. The number of aliphatic hydroxyl groups is 1. The van der Waals surface area contributed by atoms with Crippen LogP contribution in [0.25, 0.3) is 0 Å². The van der Waals surface area contributed by atoms with Crippen molar-refractivity contribution in [2.24, 2.45) is 0 Å². The predicted molar refractivity (Wildman–Crippen MR) is 111 cm³/mol. The smallest absolute Gasteiger partial charge is 0.348 e. The molecule has 0 aliphatic heterocycles. The van der Waals surface area contributed by atoms with Crippen molar-refractivity contribution in [3.63, 3.8) is 0 Å². The third-order valence-corrected chi connectivity index (χ3v) is 5.68. The van der Waals surface area contributed by atoms with Gasteiger partial charge in [-0.25, -0.2) is 4.79 Å². The molecule has 3 rings (SSSR count). The number of likely N-dealkylation sites (N-methyl/N-ethyl adjacent to an activating group) is 1. The predicted octanol–water partition coefficient (Wildman–Crippen LogP) is 3.65. The molecule has 29 heavy (non-hydrogen) atoms. The van der Waals surface area contributed by atoms with E-state index in [9.17, 15) is 14.7 Å². The second kappa shape index (κ2) is 9.70. The number of nitrogens with zero attached hydrogens (tertiary/aromatic N) is 1. The zero-order chi connectivity index (χ0) is 20.7. The topological polar surface area (TPSA) is 66.8 Å². The second-order valence-corrected chi connectivity index (χ2v) is 7.49. The van der Waals surface area contributed by atoms with Crippen molar-refractivity contribution < 1.29 is 19.4 Å². The number of hydrogen-bond acceptors (Lipinski definition) is 4. The highest BCUT2D eigenvalue weighted by Crippen LogP contribution is 2.31. The first-order chi connectivity index (χ1) is 14.1. The number of ether oxygens (including phenoxy) is 1. The van der Waals surface area contributed by atoms with Gasteiger partial charge in [0, 0.05) is 12.6 Å². The summed E-state index contributed by atoms with van der Waals surface area (Å²) in [6, 6.07) is 17.6. The standard InChI is InChI=1S/C24H29NO4/c1-2-25(21-16-10-5-11-17-21)22(26)18-29-23(27)24(28,19-12-6-3-7-13-19)20-14-8-4-9-15-20/h3-4,6-9,12-15,21,28H,2,5,10-11,16-18H2,1H3. The molecule has 1 aliphatic rings. The van der Waals surface area contributed by atoms with Gasteiger partial charge in [-0.3, -0.25) is 4.79 Å². The molecule has 1 amide bonds. The summed E-state index contributed by atoms with van der Waals surface area (Å²) in [7, 11) is 0. The minimum absolute atomic E-state index is 0.210. The minimum Gasteiger partial charge on any atom is -0.453 e. The fraction of sp³-hybridized carbons (Fsp3) is 0.417. The molecule has 0 spiro atoms. The highest BCUT2D eigenvalue weighted by molar-refractivity contribution is 5.88. The molecular formula is C24H29NO4. The first kappa shape index (κ1) is 21.1. The van der Waals surface area contributed by atoms with Gasteiger partial charge in [0.1, 0.15) is 0 Å². The van der Waals surface area contributed by atoms with Crippen molar-refractivity contribution in [3.05, 3.63) is 71.8 Å². The summed E-state index contributed by atoms with van der Waals surface area (Å²) in [5.41, 5.74) is -1.16. The summed E-state index contributed by atoms with van der Waals surface area (Å²) in [6.07, 6.45) is 5.43. The molecule has 0 radical (unpaired) electrons. The van der Waals surface area contributed by atoms with Crippen molar-refractivity contribution in [1.29, 1.82) is 0 Å². The third-order valence-electron chi connectivity index (χ3n) is 5.68. The quantitative estimate of drug-likeness (QED) is 0.727. The SMILES string of the molecule is CCN(C(=O)COC(=O)C(O)(c1ccccc1)c1ccccc1)C1CCCCC1. The van der Waals surface area contributed by atoms with Gasteiger partial charge in [0.15, 0.2) is 6.61 Å². The van der Waals surface area contributed by atoms with E-state index in [1.807, 2.05) is 19.1 Å². The Bertz CT molecular complexity index is 761. The van der Waals surface area contributed by atoms with Crippen LogP contribution in [-0.2, 0) is 19.9 Å². The van der Waals surface area contributed by atoms with Crippen LogP contribution in [0.5, 0.6) is 0 Å². The number of esters is 1. The molecule has 1 saturated carbocycles. The summed E-state index contributed by atoms with van der Waals surface area (Å²) < 4.78 is 5.37. The maximum Gasteiger partial charge on any atom is 0.348 e. The molecule has 5 heteroatoms. The van der Waals surface area contributed by atoms with Crippen LogP contribution in [0.4, 0.5) is 0 Å². The van der Waals surface area contributed by atoms with Crippen molar-refractivity contribution in [2.45, 2.75) is 50.7 Å². The van der Waals surface area contributed by atoms with Gasteiger partial charge in [0.25, 0.3) is 5.91 Å². The summed E-state index contributed by atoms with van der Waals surface area (Å²) >= 11 is 0.